The molecule has 0 spiro atoms. The normalized spacial score (nSPS) is 11.6. The number of hydrogen-bond donors (Lipinski definition) is 1. The standard InChI is InChI=1S/C23H22N2O2/c1-16-8-9-20(17(2)26)15-22(16)25-23(27)21(19-6-4-3-5-7-19)14-18-10-12-24-13-11-18/h3-13,15,21H,14H2,1-2H3,(H,25,27). The lowest BCUT2D eigenvalue weighted by atomic mass is 9.91. The van der Waals surface area contributed by atoms with E-state index in [2.05, 4.69) is 10.3 Å². The lowest BCUT2D eigenvalue weighted by molar-refractivity contribution is -0.117. The zero-order chi connectivity index (χ0) is 19.2. The highest BCUT2D eigenvalue weighted by Gasteiger charge is 2.22. The average molecular weight is 358 g/mol. The molecular weight excluding hydrogens is 336 g/mol. The van der Waals surface area contributed by atoms with Gasteiger partial charge in [-0.15, -0.1) is 0 Å². The van der Waals surface area contributed by atoms with Crippen molar-refractivity contribution in [3.63, 3.8) is 0 Å². The summed E-state index contributed by atoms with van der Waals surface area (Å²) >= 11 is 0. The molecule has 3 aromatic rings. The minimum atomic E-state index is -0.339. The maximum absolute atomic E-state index is 13.1. The van der Waals surface area contributed by atoms with Crippen molar-refractivity contribution in [2.24, 2.45) is 0 Å². The highest BCUT2D eigenvalue weighted by atomic mass is 16.2. The molecule has 1 unspecified atom stereocenters. The lowest BCUT2D eigenvalue weighted by Gasteiger charge is -2.19. The third-order valence-electron chi connectivity index (χ3n) is 4.61. The van der Waals surface area contributed by atoms with Gasteiger partial charge in [0, 0.05) is 23.6 Å². The number of Topliss-reactive ketones (excluding diaryl/α,β-unsaturated/α-hetero) is 1. The van der Waals surface area contributed by atoms with Crippen LogP contribution >= 0.6 is 0 Å². The number of carbonyl (C=O) groups excluding carboxylic acids is 2. The molecule has 1 amide bonds. The highest BCUT2D eigenvalue weighted by molar-refractivity contribution is 5.99. The topological polar surface area (TPSA) is 59.1 Å². The van der Waals surface area contributed by atoms with Crippen LogP contribution in [0.5, 0.6) is 0 Å². The van der Waals surface area contributed by atoms with Gasteiger partial charge in [-0.2, -0.15) is 0 Å². The van der Waals surface area contributed by atoms with E-state index < -0.39 is 0 Å². The zero-order valence-corrected chi connectivity index (χ0v) is 15.5. The van der Waals surface area contributed by atoms with E-state index in [1.165, 1.54) is 6.92 Å². The Hall–Kier alpha value is -3.27. The van der Waals surface area contributed by atoms with E-state index in [0.29, 0.717) is 17.7 Å². The lowest BCUT2D eigenvalue weighted by Crippen LogP contribution is -2.23. The van der Waals surface area contributed by atoms with Crippen molar-refractivity contribution in [2.75, 3.05) is 5.32 Å². The van der Waals surface area contributed by atoms with E-state index in [1.54, 1.807) is 24.5 Å². The first-order valence-electron chi connectivity index (χ1n) is 8.91. The Morgan fingerprint density at radius 2 is 1.70 bits per heavy atom. The Morgan fingerprint density at radius 1 is 1.00 bits per heavy atom. The number of amides is 1. The third kappa shape index (κ3) is 4.67. The minimum absolute atomic E-state index is 0.0260. The fourth-order valence-corrected chi connectivity index (χ4v) is 3.00. The molecular formula is C23H22N2O2. The highest BCUT2D eigenvalue weighted by Crippen LogP contribution is 2.25. The van der Waals surface area contributed by atoms with Crippen molar-refractivity contribution in [2.45, 2.75) is 26.2 Å². The molecule has 3 rings (SSSR count). The minimum Gasteiger partial charge on any atom is -0.325 e. The van der Waals surface area contributed by atoms with Crippen molar-refractivity contribution < 1.29 is 9.59 Å². The van der Waals surface area contributed by atoms with E-state index in [9.17, 15) is 9.59 Å². The molecule has 1 aromatic heterocycles. The maximum Gasteiger partial charge on any atom is 0.232 e. The number of ketones is 1. The molecule has 1 heterocycles. The molecule has 0 saturated heterocycles. The van der Waals surface area contributed by atoms with Gasteiger partial charge in [-0.3, -0.25) is 14.6 Å². The van der Waals surface area contributed by atoms with Crippen LogP contribution in [0, 0.1) is 6.92 Å². The Balaban J connectivity index is 1.89. The van der Waals surface area contributed by atoms with Crippen molar-refractivity contribution >= 4 is 17.4 Å². The molecule has 0 fully saturated rings. The summed E-state index contributed by atoms with van der Waals surface area (Å²) in [5.74, 6) is -0.460. The van der Waals surface area contributed by atoms with Gasteiger partial charge in [0.25, 0.3) is 0 Å². The van der Waals surface area contributed by atoms with Gasteiger partial charge < -0.3 is 5.32 Å². The van der Waals surface area contributed by atoms with Gasteiger partial charge in [-0.25, -0.2) is 0 Å². The number of pyridine rings is 1. The first-order chi connectivity index (χ1) is 13.0. The predicted molar refractivity (Wildman–Crippen MR) is 107 cm³/mol. The van der Waals surface area contributed by atoms with Crippen LogP contribution in [0.15, 0.2) is 73.1 Å². The number of hydrogen-bond acceptors (Lipinski definition) is 3. The number of nitrogens with one attached hydrogen (secondary N) is 1. The summed E-state index contributed by atoms with van der Waals surface area (Å²) in [5, 5.41) is 3.02. The summed E-state index contributed by atoms with van der Waals surface area (Å²) in [6, 6.07) is 18.9. The Kier molecular flexibility index (Phi) is 5.77. The summed E-state index contributed by atoms with van der Waals surface area (Å²) in [6.07, 6.45) is 4.04. The van der Waals surface area contributed by atoms with Crippen LogP contribution in [0.3, 0.4) is 0 Å². The van der Waals surface area contributed by atoms with Crippen LogP contribution in [0.1, 0.15) is 39.9 Å². The third-order valence-corrected chi connectivity index (χ3v) is 4.61. The molecule has 0 saturated carbocycles. The second kappa shape index (κ2) is 8.41. The quantitative estimate of drug-likeness (QED) is 0.657. The summed E-state index contributed by atoms with van der Waals surface area (Å²) in [7, 11) is 0. The molecule has 136 valence electrons. The van der Waals surface area contributed by atoms with Crippen LogP contribution in [0.25, 0.3) is 0 Å². The fraction of sp³-hybridized carbons (Fsp3) is 0.174. The van der Waals surface area contributed by atoms with E-state index >= 15 is 0 Å². The smallest absolute Gasteiger partial charge is 0.232 e. The monoisotopic (exact) mass is 358 g/mol. The van der Waals surface area contributed by atoms with Gasteiger partial charge in [-0.05, 0) is 55.2 Å². The summed E-state index contributed by atoms with van der Waals surface area (Å²) in [5.41, 5.74) is 4.17. The van der Waals surface area contributed by atoms with Crippen LogP contribution in [0.4, 0.5) is 5.69 Å². The summed E-state index contributed by atoms with van der Waals surface area (Å²) in [4.78, 5) is 28.9. The molecule has 2 aromatic carbocycles. The Morgan fingerprint density at radius 3 is 2.37 bits per heavy atom. The molecule has 0 bridgehead atoms. The van der Waals surface area contributed by atoms with Gasteiger partial charge in [0.1, 0.15) is 0 Å². The van der Waals surface area contributed by atoms with E-state index in [0.717, 1.165) is 16.7 Å². The molecule has 0 radical (unpaired) electrons. The van der Waals surface area contributed by atoms with Gasteiger partial charge in [-0.1, -0.05) is 42.5 Å². The van der Waals surface area contributed by atoms with E-state index in [1.807, 2.05) is 55.5 Å². The second-order valence-corrected chi connectivity index (χ2v) is 6.60. The maximum atomic E-state index is 13.1. The largest absolute Gasteiger partial charge is 0.325 e. The Bertz CT molecular complexity index is 937. The summed E-state index contributed by atoms with van der Waals surface area (Å²) in [6.45, 7) is 3.44. The van der Waals surface area contributed by atoms with E-state index in [-0.39, 0.29) is 17.6 Å². The van der Waals surface area contributed by atoms with Gasteiger partial charge in [0.15, 0.2) is 5.78 Å². The molecule has 1 atom stereocenters. The van der Waals surface area contributed by atoms with Crippen LogP contribution in [-0.4, -0.2) is 16.7 Å². The van der Waals surface area contributed by atoms with Crippen molar-refractivity contribution in [1.82, 2.24) is 4.98 Å². The van der Waals surface area contributed by atoms with Gasteiger partial charge in [0.05, 0.1) is 5.92 Å². The molecule has 1 N–H and O–H groups in total. The van der Waals surface area contributed by atoms with Crippen LogP contribution in [-0.2, 0) is 11.2 Å². The van der Waals surface area contributed by atoms with Crippen LogP contribution in [0.2, 0.25) is 0 Å². The van der Waals surface area contributed by atoms with Crippen molar-refractivity contribution in [3.8, 4) is 0 Å². The molecule has 0 aliphatic rings. The SMILES string of the molecule is CC(=O)c1ccc(C)c(NC(=O)C(Cc2ccncc2)c2ccccc2)c1. The molecule has 0 aliphatic heterocycles. The summed E-state index contributed by atoms with van der Waals surface area (Å²) < 4.78 is 0. The number of aromatic nitrogens is 1. The van der Waals surface area contributed by atoms with Crippen molar-refractivity contribution in [3.05, 3.63) is 95.3 Å². The number of nitrogens with zero attached hydrogens (tertiary/aromatic N) is 1. The van der Waals surface area contributed by atoms with E-state index in [4.69, 9.17) is 0 Å². The first kappa shape index (κ1) is 18.5. The second-order valence-electron chi connectivity index (χ2n) is 6.60. The first-order valence-corrected chi connectivity index (χ1v) is 8.91. The average Bonchev–Trinajstić information content (AvgIpc) is 2.69. The molecule has 27 heavy (non-hydrogen) atoms. The Labute approximate surface area is 159 Å². The van der Waals surface area contributed by atoms with Gasteiger partial charge in [0.2, 0.25) is 5.91 Å². The zero-order valence-electron chi connectivity index (χ0n) is 15.5. The molecule has 4 heteroatoms. The van der Waals surface area contributed by atoms with Crippen molar-refractivity contribution in [1.29, 1.82) is 0 Å². The number of carbonyl (C=O) groups is 2. The molecule has 4 nitrogen and oxygen atoms in total. The number of aryl methyl sites for hydroxylation is 1. The predicted octanol–water partition coefficient (Wildman–Crippen LogP) is 4.56. The van der Waals surface area contributed by atoms with Gasteiger partial charge >= 0.3 is 0 Å². The molecule has 0 aliphatic carbocycles. The van der Waals surface area contributed by atoms with Crippen LogP contribution < -0.4 is 5.32 Å². The number of benzene rings is 2. The number of rotatable bonds is 6. The fourth-order valence-electron chi connectivity index (χ4n) is 3.00. The number of anilines is 1.